The summed E-state index contributed by atoms with van der Waals surface area (Å²) in [5, 5.41) is 0. The maximum absolute atomic E-state index is 12.2. The Morgan fingerprint density at radius 1 is 1.33 bits per heavy atom. The lowest BCUT2D eigenvalue weighted by atomic mass is 9.74. The summed E-state index contributed by atoms with van der Waals surface area (Å²) in [5.41, 5.74) is -0.616. The molecule has 1 aromatic carbocycles. The van der Waals surface area contributed by atoms with Crippen LogP contribution in [0.4, 0.5) is 0 Å². The largest absolute Gasteiger partial charge is 0.465 e. The van der Waals surface area contributed by atoms with Gasteiger partial charge in [0.2, 0.25) is 0 Å². The Balaban J connectivity index is 3.35. The van der Waals surface area contributed by atoms with Crippen molar-refractivity contribution in [3.05, 3.63) is 48.6 Å². The van der Waals surface area contributed by atoms with Crippen LogP contribution in [0.3, 0.4) is 0 Å². The summed E-state index contributed by atoms with van der Waals surface area (Å²) in [7, 11) is 0. The van der Waals surface area contributed by atoms with Crippen molar-refractivity contribution in [1.82, 2.24) is 0 Å². The lowest BCUT2D eigenvalue weighted by molar-refractivity contribution is -0.153. The SMILES string of the molecule is C=CCC(C(C)=O)(C(=O)OCC)c1ccccc1. The van der Waals surface area contributed by atoms with Gasteiger partial charge in [-0.2, -0.15) is 0 Å². The summed E-state index contributed by atoms with van der Waals surface area (Å²) >= 11 is 0. The molecule has 0 saturated heterocycles. The molecule has 3 nitrogen and oxygen atoms in total. The van der Waals surface area contributed by atoms with E-state index < -0.39 is 11.4 Å². The molecule has 0 fully saturated rings. The van der Waals surface area contributed by atoms with E-state index in [0.717, 1.165) is 0 Å². The molecule has 0 radical (unpaired) electrons. The number of ether oxygens (including phenoxy) is 1. The molecule has 0 N–H and O–H groups in total. The summed E-state index contributed by atoms with van der Waals surface area (Å²) in [6.07, 6.45) is 1.82. The normalized spacial score (nSPS) is 13.4. The van der Waals surface area contributed by atoms with Crippen LogP contribution < -0.4 is 0 Å². The Morgan fingerprint density at radius 2 is 1.94 bits per heavy atom. The van der Waals surface area contributed by atoms with E-state index in [1.165, 1.54) is 6.92 Å². The second-order valence-corrected chi connectivity index (χ2v) is 4.04. The van der Waals surface area contributed by atoms with E-state index in [1.54, 1.807) is 37.3 Å². The van der Waals surface area contributed by atoms with E-state index in [2.05, 4.69) is 6.58 Å². The van der Waals surface area contributed by atoms with Gasteiger partial charge in [-0.25, -0.2) is 0 Å². The molecule has 1 unspecified atom stereocenters. The minimum Gasteiger partial charge on any atom is -0.465 e. The summed E-state index contributed by atoms with van der Waals surface area (Å²) in [6, 6.07) is 8.97. The number of benzene rings is 1. The third-order valence-corrected chi connectivity index (χ3v) is 2.94. The standard InChI is InChI=1S/C15H18O3/c1-4-11-15(12(3)16,14(17)18-5-2)13-9-7-6-8-10-13/h4,6-10H,1,5,11H2,2-3H3. The number of carbonyl (C=O) groups excluding carboxylic acids is 2. The van der Waals surface area contributed by atoms with Crippen molar-refractivity contribution >= 4 is 11.8 Å². The topological polar surface area (TPSA) is 43.4 Å². The van der Waals surface area contributed by atoms with Gasteiger partial charge < -0.3 is 4.74 Å². The molecule has 96 valence electrons. The first-order chi connectivity index (χ1) is 8.59. The van der Waals surface area contributed by atoms with Crippen LogP contribution in [-0.2, 0) is 19.7 Å². The van der Waals surface area contributed by atoms with Crippen LogP contribution in [0.15, 0.2) is 43.0 Å². The number of carbonyl (C=O) groups is 2. The molecule has 0 aliphatic heterocycles. The molecule has 3 heteroatoms. The average Bonchev–Trinajstić information content (AvgIpc) is 2.36. The predicted molar refractivity (Wildman–Crippen MR) is 70.2 cm³/mol. The summed E-state index contributed by atoms with van der Waals surface area (Å²) in [4.78, 5) is 24.2. The maximum Gasteiger partial charge on any atom is 0.324 e. The Hall–Kier alpha value is -1.90. The van der Waals surface area contributed by atoms with Gasteiger partial charge in [-0.05, 0) is 25.8 Å². The minimum atomic E-state index is -1.26. The van der Waals surface area contributed by atoms with E-state index in [-0.39, 0.29) is 18.8 Å². The third-order valence-electron chi connectivity index (χ3n) is 2.94. The molecular weight excluding hydrogens is 228 g/mol. The van der Waals surface area contributed by atoms with Gasteiger partial charge in [-0.3, -0.25) is 9.59 Å². The lowest BCUT2D eigenvalue weighted by Gasteiger charge is -2.28. The fourth-order valence-corrected chi connectivity index (χ4v) is 2.00. The van der Waals surface area contributed by atoms with E-state index >= 15 is 0 Å². The Kier molecular flexibility index (Phi) is 4.84. The van der Waals surface area contributed by atoms with Gasteiger partial charge in [0.1, 0.15) is 0 Å². The van der Waals surface area contributed by atoms with Crippen LogP contribution in [0.25, 0.3) is 0 Å². The highest BCUT2D eigenvalue weighted by atomic mass is 16.5. The highest BCUT2D eigenvalue weighted by Crippen LogP contribution is 2.31. The number of Topliss-reactive ketones (excluding diaryl/α,β-unsaturated/α-hetero) is 1. The number of ketones is 1. The first-order valence-corrected chi connectivity index (χ1v) is 5.94. The van der Waals surface area contributed by atoms with E-state index in [4.69, 9.17) is 4.74 Å². The Morgan fingerprint density at radius 3 is 2.39 bits per heavy atom. The van der Waals surface area contributed by atoms with Crippen molar-refractivity contribution in [3.8, 4) is 0 Å². The number of rotatable bonds is 6. The minimum absolute atomic E-state index is 0.230. The molecule has 0 aromatic heterocycles. The Labute approximate surface area is 107 Å². The molecule has 0 bridgehead atoms. The summed E-state index contributed by atoms with van der Waals surface area (Å²) in [5.74, 6) is -0.740. The zero-order valence-corrected chi connectivity index (χ0v) is 10.8. The van der Waals surface area contributed by atoms with Gasteiger partial charge in [0, 0.05) is 0 Å². The van der Waals surface area contributed by atoms with E-state index in [9.17, 15) is 9.59 Å². The smallest absolute Gasteiger partial charge is 0.324 e. The predicted octanol–water partition coefficient (Wildman–Crippen LogP) is 2.65. The zero-order chi connectivity index (χ0) is 13.6. The number of esters is 1. The number of allylic oxidation sites excluding steroid dienone is 1. The van der Waals surface area contributed by atoms with Crippen molar-refractivity contribution in [1.29, 1.82) is 0 Å². The summed E-state index contributed by atoms with van der Waals surface area (Å²) in [6.45, 7) is 7.02. The van der Waals surface area contributed by atoms with Crippen LogP contribution in [0.1, 0.15) is 25.8 Å². The first-order valence-electron chi connectivity index (χ1n) is 5.94. The second kappa shape index (κ2) is 6.15. The number of hydrogen-bond donors (Lipinski definition) is 0. The highest BCUT2D eigenvalue weighted by molar-refractivity contribution is 6.08. The van der Waals surface area contributed by atoms with Crippen LogP contribution >= 0.6 is 0 Å². The second-order valence-electron chi connectivity index (χ2n) is 4.04. The van der Waals surface area contributed by atoms with Gasteiger partial charge >= 0.3 is 5.97 Å². The Bertz CT molecular complexity index is 436. The maximum atomic E-state index is 12.2. The van der Waals surface area contributed by atoms with Crippen molar-refractivity contribution in [3.63, 3.8) is 0 Å². The molecule has 1 rings (SSSR count). The van der Waals surface area contributed by atoms with Crippen LogP contribution in [0, 0.1) is 0 Å². The van der Waals surface area contributed by atoms with Crippen molar-refractivity contribution in [2.75, 3.05) is 6.61 Å². The molecule has 1 atom stereocenters. The van der Waals surface area contributed by atoms with Gasteiger partial charge in [-0.15, -0.1) is 6.58 Å². The van der Waals surface area contributed by atoms with E-state index in [0.29, 0.717) is 5.56 Å². The lowest BCUT2D eigenvalue weighted by Crippen LogP contribution is -2.43. The van der Waals surface area contributed by atoms with Gasteiger partial charge in [0.25, 0.3) is 0 Å². The van der Waals surface area contributed by atoms with Gasteiger partial charge in [0.05, 0.1) is 6.61 Å². The van der Waals surface area contributed by atoms with Crippen LogP contribution in [-0.4, -0.2) is 18.4 Å². The molecule has 0 aliphatic rings. The van der Waals surface area contributed by atoms with Gasteiger partial charge in [0.15, 0.2) is 11.2 Å². The zero-order valence-electron chi connectivity index (χ0n) is 10.8. The monoisotopic (exact) mass is 246 g/mol. The summed E-state index contributed by atoms with van der Waals surface area (Å²) < 4.78 is 5.07. The third kappa shape index (κ3) is 2.50. The molecular formula is C15H18O3. The molecule has 0 heterocycles. The molecule has 1 aromatic rings. The van der Waals surface area contributed by atoms with Crippen molar-refractivity contribution in [2.45, 2.75) is 25.7 Å². The van der Waals surface area contributed by atoms with Crippen molar-refractivity contribution < 1.29 is 14.3 Å². The van der Waals surface area contributed by atoms with Crippen LogP contribution in [0.2, 0.25) is 0 Å². The molecule has 0 amide bonds. The van der Waals surface area contributed by atoms with Crippen molar-refractivity contribution in [2.24, 2.45) is 0 Å². The van der Waals surface area contributed by atoms with Gasteiger partial charge in [-0.1, -0.05) is 36.4 Å². The van der Waals surface area contributed by atoms with E-state index in [1.807, 2.05) is 6.07 Å². The molecule has 0 aliphatic carbocycles. The first kappa shape index (κ1) is 14.2. The fourth-order valence-electron chi connectivity index (χ4n) is 2.00. The molecule has 18 heavy (non-hydrogen) atoms. The molecule has 0 spiro atoms. The fraction of sp³-hybridized carbons (Fsp3) is 0.333. The highest BCUT2D eigenvalue weighted by Gasteiger charge is 2.45. The molecule has 0 saturated carbocycles. The van der Waals surface area contributed by atoms with Crippen LogP contribution in [0.5, 0.6) is 0 Å². The average molecular weight is 246 g/mol. The quantitative estimate of drug-likeness (QED) is 0.440. The number of hydrogen-bond acceptors (Lipinski definition) is 3.